The van der Waals surface area contributed by atoms with Crippen LogP contribution in [0.4, 0.5) is 10.8 Å². The molecule has 2 aliphatic rings. The number of hydrogen-bond acceptors (Lipinski definition) is 9. The van der Waals surface area contributed by atoms with Gasteiger partial charge in [0.15, 0.2) is 11.5 Å². The van der Waals surface area contributed by atoms with Gasteiger partial charge in [-0.05, 0) is 37.3 Å². The van der Waals surface area contributed by atoms with Crippen molar-refractivity contribution >= 4 is 28.1 Å². The fourth-order valence-corrected chi connectivity index (χ4v) is 4.12. The Kier molecular flexibility index (Phi) is 5.39. The summed E-state index contributed by atoms with van der Waals surface area (Å²) in [7, 11) is 0. The van der Waals surface area contributed by atoms with Crippen LogP contribution in [-0.2, 0) is 4.74 Å². The third-order valence-corrected chi connectivity index (χ3v) is 5.66. The first kappa shape index (κ1) is 19.7. The minimum absolute atomic E-state index is 0.0647. The van der Waals surface area contributed by atoms with E-state index in [9.17, 15) is 4.79 Å². The van der Waals surface area contributed by atoms with Gasteiger partial charge in [0.2, 0.25) is 5.13 Å². The van der Waals surface area contributed by atoms with Crippen molar-refractivity contribution in [1.82, 2.24) is 20.1 Å². The minimum Gasteiger partial charge on any atom is -0.486 e. The van der Waals surface area contributed by atoms with Crippen molar-refractivity contribution in [1.29, 1.82) is 0 Å². The molecule has 1 amide bonds. The number of morpholine rings is 1. The van der Waals surface area contributed by atoms with Crippen LogP contribution in [0.1, 0.15) is 27.8 Å². The van der Waals surface area contributed by atoms with Gasteiger partial charge in [0.05, 0.1) is 18.8 Å². The predicted octanol–water partition coefficient (Wildman–Crippen LogP) is 2.97. The van der Waals surface area contributed by atoms with Gasteiger partial charge in [-0.1, -0.05) is 11.3 Å². The molecule has 0 aliphatic carbocycles. The van der Waals surface area contributed by atoms with Crippen molar-refractivity contribution in [2.75, 3.05) is 38.2 Å². The number of benzene rings is 1. The van der Waals surface area contributed by atoms with Crippen LogP contribution in [0.15, 0.2) is 35.8 Å². The van der Waals surface area contributed by atoms with Gasteiger partial charge in [0.25, 0.3) is 5.91 Å². The Morgan fingerprint density at radius 3 is 2.87 bits per heavy atom. The highest BCUT2D eigenvalue weighted by Gasteiger charge is 2.28. The number of nitrogens with zero attached hydrogens (tertiary/aromatic N) is 4. The standard InChI is InChI=1S/C21H21N5O4S/c1-13-8-15(24-21-25-22-12-31-21)10-16(23-13)19-11-26(4-5-28-19)20(27)14-2-3-17-18(9-14)30-7-6-29-17/h2-3,8-10,12,19H,4-7,11H2,1H3,(H,23,24,25). The molecule has 4 heterocycles. The molecule has 9 nitrogen and oxygen atoms in total. The molecule has 0 saturated carbocycles. The predicted molar refractivity (Wildman–Crippen MR) is 114 cm³/mol. The summed E-state index contributed by atoms with van der Waals surface area (Å²) < 4.78 is 17.1. The highest BCUT2D eigenvalue weighted by atomic mass is 32.1. The highest BCUT2D eigenvalue weighted by molar-refractivity contribution is 7.13. The fraction of sp³-hybridized carbons (Fsp3) is 0.333. The zero-order valence-electron chi connectivity index (χ0n) is 16.9. The van der Waals surface area contributed by atoms with Crippen molar-refractivity contribution in [3.05, 3.63) is 52.8 Å². The summed E-state index contributed by atoms with van der Waals surface area (Å²) in [5.41, 5.74) is 4.72. The third kappa shape index (κ3) is 4.30. The van der Waals surface area contributed by atoms with E-state index < -0.39 is 0 Å². The number of rotatable bonds is 4. The van der Waals surface area contributed by atoms with Crippen LogP contribution in [0.25, 0.3) is 0 Å². The van der Waals surface area contributed by atoms with E-state index in [2.05, 4.69) is 20.5 Å². The fourth-order valence-electron chi connectivity index (χ4n) is 3.65. The van der Waals surface area contributed by atoms with Gasteiger partial charge in [0.1, 0.15) is 24.8 Å². The molecular weight excluding hydrogens is 418 g/mol. The van der Waals surface area contributed by atoms with E-state index in [0.29, 0.717) is 55.1 Å². The summed E-state index contributed by atoms with van der Waals surface area (Å²) in [4.78, 5) is 19.6. The second-order valence-corrected chi connectivity index (χ2v) is 8.09. The second-order valence-electron chi connectivity index (χ2n) is 7.26. The number of hydrogen-bond donors (Lipinski definition) is 1. The molecule has 0 spiro atoms. The number of amides is 1. The van der Waals surface area contributed by atoms with Gasteiger partial charge in [-0.3, -0.25) is 9.78 Å². The molecule has 5 rings (SSSR count). The number of anilines is 2. The smallest absolute Gasteiger partial charge is 0.254 e. The molecule has 160 valence electrons. The van der Waals surface area contributed by atoms with Crippen LogP contribution in [0, 0.1) is 6.92 Å². The Labute approximate surface area is 183 Å². The third-order valence-electron chi connectivity index (χ3n) is 5.06. The lowest BCUT2D eigenvalue weighted by Gasteiger charge is -2.33. The average Bonchev–Trinajstić information content (AvgIpc) is 3.31. The first-order valence-electron chi connectivity index (χ1n) is 9.98. The first-order chi connectivity index (χ1) is 15.2. The normalized spacial score (nSPS) is 18.0. The van der Waals surface area contributed by atoms with Gasteiger partial charge in [-0.15, -0.1) is 10.2 Å². The number of ether oxygens (including phenoxy) is 3. The second kappa shape index (κ2) is 8.48. The topological polar surface area (TPSA) is 98.7 Å². The SMILES string of the molecule is Cc1cc(Nc2nncs2)cc(C2CN(C(=O)c3ccc4c(c3)OCCO4)CCO2)n1. The van der Waals surface area contributed by atoms with E-state index in [1.165, 1.54) is 11.3 Å². The van der Waals surface area contributed by atoms with Gasteiger partial charge in [0, 0.05) is 23.5 Å². The van der Waals surface area contributed by atoms with E-state index >= 15 is 0 Å². The largest absolute Gasteiger partial charge is 0.486 e. The molecule has 1 aromatic carbocycles. The number of aromatic nitrogens is 3. The van der Waals surface area contributed by atoms with Crippen LogP contribution in [-0.4, -0.2) is 58.9 Å². The summed E-state index contributed by atoms with van der Waals surface area (Å²) >= 11 is 1.42. The van der Waals surface area contributed by atoms with Crippen molar-refractivity contribution in [3.63, 3.8) is 0 Å². The van der Waals surface area contributed by atoms with Crippen LogP contribution in [0.5, 0.6) is 11.5 Å². The molecule has 10 heteroatoms. The monoisotopic (exact) mass is 439 g/mol. The van der Waals surface area contributed by atoms with Crippen LogP contribution < -0.4 is 14.8 Å². The van der Waals surface area contributed by atoms with E-state index in [4.69, 9.17) is 14.2 Å². The molecule has 0 radical (unpaired) electrons. The zero-order chi connectivity index (χ0) is 21.2. The highest BCUT2D eigenvalue weighted by Crippen LogP contribution is 2.32. The maximum Gasteiger partial charge on any atom is 0.254 e. The molecule has 2 aliphatic heterocycles. The van der Waals surface area contributed by atoms with Gasteiger partial charge < -0.3 is 24.4 Å². The summed E-state index contributed by atoms with van der Waals surface area (Å²) in [5, 5.41) is 11.8. The van der Waals surface area contributed by atoms with E-state index in [1.807, 2.05) is 19.1 Å². The number of nitrogens with one attached hydrogen (secondary N) is 1. The molecule has 1 atom stereocenters. The van der Waals surface area contributed by atoms with Crippen LogP contribution in [0.2, 0.25) is 0 Å². The van der Waals surface area contributed by atoms with E-state index in [-0.39, 0.29) is 12.0 Å². The van der Waals surface area contributed by atoms with Crippen molar-refractivity contribution in [2.24, 2.45) is 0 Å². The number of pyridine rings is 1. The molecule has 0 bridgehead atoms. The molecular formula is C21H21N5O4S. The van der Waals surface area contributed by atoms with Gasteiger partial charge in [-0.2, -0.15) is 0 Å². The molecule has 1 saturated heterocycles. The Balaban J connectivity index is 1.33. The Morgan fingerprint density at radius 2 is 2.03 bits per heavy atom. The summed E-state index contributed by atoms with van der Waals surface area (Å²) in [6.45, 7) is 4.31. The van der Waals surface area contributed by atoms with Crippen molar-refractivity contribution in [2.45, 2.75) is 13.0 Å². The number of carbonyl (C=O) groups is 1. The summed E-state index contributed by atoms with van der Waals surface area (Å²) in [6, 6.07) is 9.17. The van der Waals surface area contributed by atoms with Gasteiger partial charge >= 0.3 is 0 Å². The van der Waals surface area contributed by atoms with Crippen LogP contribution >= 0.6 is 11.3 Å². The molecule has 31 heavy (non-hydrogen) atoms. The Hall–Kier alpha value is -3.24. The summed E-state index contributed by atoms with van der Waals surface area (Å²) in [5.74, 6) is 1.21. The lowest BCUT2D eigenvalue weighted by Crippen LogP contribution is -2.42. The quantitative estimate of drug-likeness (QED) is 0.663. The Bertz CT molecular complexity index is 1090. The van der Waals surface area contributed by atoms with E-state index in [1.54, 1.807) is 28.6 Å². The molecule has 1 N–H and O–H groups in total. The molecule has 1 unspecified atom stereocenters. The molecule has 1 fully saturated rings. The Morgan fingerprint density at radius 1 is 1.16 bits per heavy atom. The lowest BCUT2D eigenvalue weighted by atomic mass is 10.1. The lowest BCUT2D eigenvalue weighted by molar-refractivity contribution is -0.0247. The molecule has 2 aromatic heterocycles. The van der Waals surface area contributed by atoms with Crippen molar-refractivity contribution < 1.29 is 19.0 Å². The average molecular weight is 439 g/mol. The number of aryl methyl sites for hydroxylation is 1. The van der Waals surface area contributed by atoms with Crippen LogP contribution in [0.3, 0.4) is 0 Å². The maximum absolute atomic E-state index is 13.1. The minimum atomic E-state index is -0.315. The maximum atomic E-state index is 13.1. The van der Waals surface area contributed by atoms with E-state index in [0.717, 1.165) is 17.1 Å². The number of carbonyl (C=O) groups excluding carboxylic acids is 1. The summed E-state index contributed by atoms with van der Waals surface area (Å²) in [6.07, 6.45) is -0.315. The zero-order valence-corrected chi connectivity index (χ0v) is 17.7. The van der Waals surface area contributed by atoms with Gasteiger partial charge in [-0.25, -0.2) is 0 Å². The van der Waals surface area contributed by atoms with Crippen molar-refractivity contribution in [3.8, 4) is 11.5 Å². The molecule has 3 aromatic rings. The first-order valence-corrected chi connectivity index (χ1v) is 10.9. The number of fused-ring (bicyclic) bond motifs is 1.